The first-order chi connectivity index (χ1) is 61.0. The lowest BCUT2D eigenvalue weighted by molar-refractivity contribution is 0.108. The number of benzene rings is 7. The molecule has 7 saturated carbocycles. The van der Waals surface area contributed by atoms with Gasteiger partial charge in [0.1, 0.15) is 53.8 Å². The number of aromatic nitrogens is 7. The molecular formula is C96H97Cl3I2N14O11. The number of hydrogen-bond donors (Lipinski definition) is 6. The summed E-state index contributed by atoms with van der Waals surface area (Å²) in [4.78, 5) is 64.7. The maximum Gasteiger partial charge on any atom is 0.411 e. The Hall–Kier alpha value is -11.3. The summed E-state index contributed by atoms with van der Waals surface area (Å²) in [5.74, 6) is 3.28. The molecular weight excluding hydrogens is 1890 g/mol. The van der Waals surface area contributed by atoms with Crippen LogP contribution >= 0.6 is 80.0 Å². The largest absolute Gasteiger partial charge is 0.508 e. The molecule has 7 aliphatic rings. The zero-order valence-corrected chi connectivity index (χ0v) is 76.6. The number of aromatic hydroxyl groups is 2. The van der Waals surface area contributed by atoms with Gasteiger partial charge in [0.05, 0.1) is 61.8 Å². The zero-order valence-electron chi connectivity index (χ0n) is 70.0. The van der Waals surface area contributed by atoms with Gasteiger partial charge in [-0.25, -0.2) is 39.1 Å². The topological polar surface area (TPSA) is 352 Å². The van der Waals surface area contributed by atoms with Crippen LogP contribution in [0.1, 0.15) is 172 Å². The predicted molar refractivity (Wildman–Crippen MR) is 506 cm³/mol. The van der Waals surface area contributed by atoms with Crippen molar-refractivity contribution in [2.75, 3.05) is 21.3 Å². The lowest BCUT2D eigenvalue weighted by Gasteiger charge is -2.30. The van der Waals surface area contributed by atoms with E-state index in [1.54, 1.807) is 73.3 Å². The van der Waals surface area contributed by atoms with Crippen LogP contribution < -0.4 is 20.7 Å². The number of hydrogen-bond acceptors (Lipinski definition) is 19. The fourth-order valence-corrected chi connectivity index (χ4v) is 15.4. The summed E-state index contributed by atoms with van der Waals surface area (Å²) < 4.78 is 30.9. The summed E-state index contributed by atoms with van der Waals surface area (Å²) >= 11 is 19.3. The van der Waals surface area contributed by atoms with E-state index < -0.39 is 12.2 Å². The third kappa shape index (κ3) is 26.4. The molecule has 0 saturated heterocycles. The number of carbonyl (C=O) groups excluding carboxylic acids is 4. The summed E-state index contributed by atoms with van der Waals surface area (Å²) in [7, 11) is 0. The van der Waals surface area contributed by atoms with Crippen LogP contribution in [-0.4, -0.2) is 103 Å². The summed E-state index contributed by atoms with van der Waals surface area (Å²) in [6.45, 7) is 7.68. The maximum atomic E-state index is 12.3. The number of isocyanates is 1. The van der Waals surface area contributed by atoms with E-state index >= 15 is 0 Å². The molecule has 5 aromatic heterocycles. The van der Waals surface area contributed by atoms with Crippen molar-refractivity contribution in [1.82, 2.24) is 33.6 Å². The Morgan fingerprint density at radius 2 is 0.881 bits per heavy atom. The Balaban J connectivity index is 0.000000144. The van der Waals surface area contributed by atoms with Crippen LogP contribution in [0.25, 0.3) is 55.2 Å². The normalized spacial score (nSPS) is 15.6. The molecule has 0 aliphatic heterocycles. The van der Waals surface area contributed by atoms with Crippen LogP contribution in [0.3, 0.4) is 0 Å². The number of anilines is 3. The Labute approximate surface area is 773 Å². The van der Waals surface area contributed by atoms with Gasteiger partial charge in [-0.1, -0.05) is 24.3 Å². The number of nitriles is 3. The van der Waals surface area contributed by atoms with Crippen molar-refractivity contribution in [2.24, 2.45) is 28.7 Å². The highest BCUT2D eigenvalue weighted by Gasteiger charge is 2.35. The van der Waals surface area contributed by atoms with Gasteiger partial charge in [0.15, 0.2) is 0 Å². The smallest absolute Gasteiger partial charge is 0.411 e. The zero-order chi connectivity index (χ0) is 89.3. The first kappa shape index (κ1) is 93.8. The van der Waals surface area contributed by atoms with Crippen LogP contribution in [-0.2, 0) is 19.0 Å². The van der Waals surface area contributed by atoms with Crippen molar-refractivity contribution in [3.05, 3.63) is 224 Å². The first-order valence-electron chi connectivity index (χ1n) is 42.0. The van der Waals surface area contributed by atoms with E-state index in [-0.39, 0.29) is 53.4 Å². The van der Waals surface area contributed by atoms with Gasteiger partial charge >= 0.3 is 24.3 Å². The summed E-state index contributed by atoms with van der Waals surface area (Å²) in [6.07, 6.45) is 27.9. The minimum absolute atomic E-state index is 0.0313. The number of aliphatic hydroxyl groups is 1. The molecule has 7 fully saturated rings. The van der Waals surface area contributed by atoms with E-state index in [4.69, 9.17) is 64.1 Å². The molecule has 4 atom stereocenters. The van der Waals surface area contributed by atoms with Crippen LogP contribution in [0, 0.1) is 64.8 Å². The number of nitrogens with one attached hydrogen (secondary N) is 3. The molecule has 6 N–H and O–H groups in total. The van der Waals surface area contributed by atoms with E-state index in [9.17, 15) is 39.9 Å². The summed E-state index contributed by atoms with van der Waals surface area (Å²) in [5.41, 5.74) is 11.0. The van der Waals surface area contributed by atoms with Gasteiger partial charge < -0.3 is 48.0 Å². The minimum Gasteiger partial charge on any atom is -0.508 e. The van der Waals surface area contributed by atoms with Gasteiger partial charge in [0, 0.05) is 108 Å². The van der Waals surface area contributed by atoms with Crippen molar-refractivity contribution in [2.45, 2.75) is 179 Å². The van der Waals surface area contributed by atoms with Crippen LogP contribution in [0.5, 0.6) is 23.3 Å². The molecule has 0 bridgehead atoms. The maximum absolute atomic E-state index is 12.3. The number of phenolic OH excluding ortho intramolecular Hbond substituents is 2. The fourth-order valence-electron chi connectivity index (χ4n) is 14.6. The van der Waals surface area contributed by atoms with Gasteiger partial charge in [0.2, 0.25) is 11.4 Å². The van der Waals surface area contributed by atoms with Crippen LogP contribution in [0.15, 0.2) is 200 Å². The van der Waals surface area contributed by atoms with E-state index in [0.29, 0.717) is 86.6 Å². The standard InChI is InChI=1S/C29H27N5O3.C25H25N3O3.C13H12N2O.C12H14INO2.C7H4INO.C5H10O.C4H3ClN2.CH2Cl2/c1-18(19-6-7-19)36-29(35)33-21-10-8-20(9-11-21)27-25(17-30)24-13-12-23(37-28-31-14-3-15-32-28)16-26(24)34(27)22-4-2-5-22;1-15(16-5-6-16)31-25(30)27-18-9-7-17(8-10-18)24-22(14-26)21-12-11-20(29)13-23(21)28(24)19-3-2-4-19;14-7-9-8-15(10-2-1-3-10)13-6-11(16)4-5-12(9)13;1-8(9-2-3-9)16-12(15)14-11-6-4-10(13)5-7-11;8-6-1-3-7(4-2-6)9-5-10;1-4(6)5-2-3-5;5-4-6-2-1-3-7-4;2-1-3/h3,8-16,18-19,22H,2,4-7H2,1H3,(H,33,35);7-13,15-16,19,29H,2-6H2,1H3,(H,27,30);4-6,8,10,16H,1-3H2;4-9H,2-3H2,1H3,(H,14,15);1-4H;4-6H,2-3H2,1H3;1-3H;1H2/t18-;15-;;8-;;4-;;/m11.1.1../s1. The van der Waals surface area contributed by atoms with E-state index in [0.717, 1.165) is 132 Å². The van der Waals surface area contributed by atoms with Crippen LogP contribution in [0.2, 0.25) is 5.28 Å². The molecule has 7 aliphatic carbocycles. The van der Waals surface area contributed by atoms with Gasteiger partial charge in [-0.15, -0.1) is 23.2 Å². The molecule has 652 valence electrons. The number of nitrogens with zero attached hydrogens (tertiary/aromatic N) is 11. The van der Waals surface area contributed by atoms with Gasteiger partial charge in [-0.05, 0) is 350 Å². The number of aliphatic imine (C=N–C) groups is 1. The Bertz CT molecular complexity index is 5860. The molecule has 5 heterocycles. The Morgan fingerprint density at radius 1 is 0.500 bits per heavy atom. The van der Waals surface area contributed by atoms with Crippen molar-refractivity contribution >= 4 is 160 Å². The SMILES string of the molecule is C[C@@H](O)C1CC1.C[C@@H](OC(=O)Nc1ccc(-c2c(C#N)c3ccc(O)cc3n2C2CCC2)cc1)C1CC1.C[C@@H](OC(=O)Nc1ccc(-c2c(C#N)c3ccc(Oc4ncccn4)cc3n2C2CCC2)cc1)C1CC1.C[C@@H](OC(=O)Nc1ccc(I)cc1)C1CC1.ClCCl.Clc1ncccn1.N#Cc1cn(C2CCC2)c2cc(O)ccc12.O=C=Nc1ccc(I)cc1. The van der Waals surface area contributed by atoms with Gasteiger partial charge in [0.25, 0.3) is 0 Å². The van der Waals surface area contributed by atoms with Gasteiger partial charge in [-0.2, -0.15) is 20.8 Å². The average molecular weight is 1980 g/mol. The minimum atomic E-state index is -0.441. The lowest BCUT2D eigenvalue weighted by Crippen LogP contribution is -2.21. The lowest BCUT2D eigenvalue weighted by atomic mass is 9.92. The van der Waals surface area contributed by atoms with Crippen LogP contribution in [0.4, 0.5) is 37.1 Å². The number of ether oxygens (including phenoxy) is 4. The number of aliphatic hydroxyl groups excluding tert-OH is 1. The molecule has 0 spiro atoms. The summed E-state index contributed by atoms with van der Waals surface area (Å²) in [6, 6.07) is 58.0. The quantitative estimate of drug-likeness (QED) is 0.0116. The van der Waals surface area contributed by atoms with E-state index in [1.165, 1.54) is 51.0 Å². The second-order valence-corrected chi connectivity index (χ2v) is 35.3. The average Bonchev–Trinajstić information content (AvgIpc) is 1.59. The summed E-state index contributed by atoms with van der Waals surface area (Å²) in [5, 5.41) is 68.9. The molecule has 3 amide bonds. The van der Waals surface area contributed by atoms with E-state index in [2.05, 4.69) is 118 Å². The molecule has 0 radical (unpaired) electrons. The van der Waals surface area contributed by atoms with Crippen molar-refractivity contribution in [3.8, 4) is 64.0 Å². The third-order valence-electron chi connectivity index (χ3n) is 22.7. The predicted octanol–water partition coefficient (Wildman–Crippen LogP) is 25.0. The molecule has 7 aromatic carbocycles. The van der Waals surface area contributed by atoms with Crippen molar-refractivity contribution < 1.29 is 53.4 Å². The Morgan fingerprint density at radius 3 is 1.24 bits per heavy atom. The molecule has 12 aromatic rings. The second kappa shape index (κ2) is 45.7. The molecule has 0 unspecified atom stereocenters. The number of alkyl halides is 2. The highest BCUT2D eigenvalue weighted by atomic mass is 127. The first-order valence-corrected chi connectivity index (χ1v) is 45.6. The van der Waals surface area contributed by atoms with Crippen molar-refractivity contribution in [1.29, 1.82) is 15.8 Å². The molecule has 19 rings (SSSR count). The highest BCUT2D eigenvalue weighted by Crippen LogP contribution is 2.47. The molecule has 126 heavy (non-hydrogen) atoms. The van der Waals surface area contributed by atoms with E-state index in [1.807, 2.05) is 149 Å². The highest BCUT2D eigenvalue weighted by molar-refractivity contribution is 14.1. The number of halogens is 5. The Kier molecular flexibility index (Phi) is 34.0. The molecule has 25 nitrogen and oxygen atoms in total. The number of phenols is 2. The number of amides is 3. The second-order valence-electron chi connectivity index (χ2n) is 31.7. The van der Waals surface area contributed by atoms with Crippen molar-refractivity contribution in [3.63, 3.8) is 0 Å². The monoisotopic (exact) mass is 1980 g/mol. The fraction of sp³-hybridized carbons (Fsp3) is 0.344. The number of rotatable bonds is 18. The number of fused-ring (bicyclic) bond motifs is 3. The number of carbonyl (C=O) groups is 3. The van der Waals surface area contributed by atoms with Gasteiger partial charge in [-0.3, -0.25) is 16.0 Å². The molecule has 30 heteroatoms. The third-order valence-corrected chi connectivity index (χ3v) is 24.3.